The summed E-state index contributed by atoms with van der Waals surface area (Å²) in [5, 5.41) is 14.2. The van der Waals surface area contributed by atoms with Crippen LogP contribution < -0.4 is 10.6 Å². The molecule has 0 aromatic heterocycles. The molecule has 3 atom stereocenters. The lowest BCUT2D eigenvalue weighted by Gasteiger charge is -2.49. The van der Waals surface area contributed by atoms with Gasteiger partial charge in [-0.3, -0.25) is 14.5 Å². The first-order valence-electron chi connectivity index (χ1n) is 9.72. The van der Waals surface area contributed by atoms with E-state index >= 15 is 0 Å². The summed E-state index contributed by atoms with van der Waals surface area (Å²) in [6.45, 7) is 6.80. The molecule has 2 aliphatic heterocycles. The van der Waals surface area contributed by atoms with E-state index in [-0.39, 0.29) is 5.70 Å². The van der Waals surface area contributed by atoms with E-state index in [0.29, 0.717) is 16.9 Å². The molecule has 3 amide bonds. The van der Waals surface area contributed by atoms with Gasteiger partial charge in [-0.25, -0.2) is 9.59 Å². The SMILES string of the molecule is CC1=C(C(=O)O)N2C(=O)[C@@H](NC(=O)C(NC(=O)OC(C)(C)C)c3ccccc3)[C@H]2SC1. The predicted molar refractivity (Wildman–Crippen MR) is 114 cm³/mol. The average molecular weight is 448 g/mol. The molecule has 1 unspecified atom stereocenters. The van der Waals surface area contributed by atoms with E-state index in [0.717, 1.165) is 0 Å². The number of aliphatic carboxylic acids is 1. The van der Waals surface area contributed by atoms with Gasteiger partial charge >= 0.3 is 12.1 Å². The second-order valence-corrected chi connectivity index (χ2v) is 9.43. The zero-order chi connectivity index (χ0) is 22.9. The Morgan fingerprint density at radius 1 is 1.23 bits per heavy atom. The molecule has 3 N–H and O–H groups in total. The second kappa shape index (κ2) is 8.62. The van der Waals surface area contributed by atoms with Gasteiger partial charge in [0.15, 0.2) is 0 Å². The number of alkyl carbamates (subject to hydrolysis) is 1. The molecule has 1 fully saturated rings. The van der Waals surface area contributed by atoms with E-state index in [1.165, 1.54) is 16.7 Å². The summed E-state index contributed by atoms with van der Waals surface area (Å²) in [7, 11) is 0. The van der Waals surface area contributed by atoms with Crippen molar-refractivity contribution >= 4 is 35.6 Å². The minimum absolute atomic E-state index is 0.0364. The summed E-state index contributed by atoms with van der Waals surface area (Å²) < 4.78 is 5.26. The van der Waals surface area contributed by atoms with Gasteiger partial charge in [0.05, 0.1) is 0 Å². The standard InChI is InChI=1S/C21H25N3O6S/c1-11-10-31-18-14(17(26)24(18)15(11)19(27)28)22-16(25)13(12-8-6-5-7-9-12)23-20(29)30-21(2,3)4/h5-9,13-14,18H,10H2,1-4H3,(H,22,25)(H,23,29)(H,27,28)/t13?,14-,18-/m1/s1. The molecular formula is C21H25N3O6S. The van der Waals surface area contributed by atoms with E-state index in [1.807, 2.05) is 0 Å². The van der Waals surface area contributed by atoms with Crippen LogP contribution in [0.4, 0.5) is 4.79 Å². The van der Waals surface area contributed by atoms with Crippen molar-refractivity contribution in [3.8, 4) is 0 Å². The monoisotopic (exact) mass is 447 g/mol. The first-order chi connectivity index (χ1) is 14.5. The number of benzene rings is 1. The molecule has 0 radical (unpaired) electrons. The maximum atomic E-state index is 13.1. The molecule has 0 aliphatic carbocycles. The van der Waals surface area contributed by atoms with Crippen molar-refractivity contribution in [3.63, 3.8) is 0 Å². The van der Waals surface area contributed by atoms with Crippen LogP contribution >= 0.6 is 11.8 Å². The lowest BCUT2D eigenvalue weighted by atomic mass is 10.0. The summed E-state index contributed by atoms with van der Waals surface area (Å²) in [5.74, 6) is -1.80. The van der Waals surface area contributed by atoms with Gasteiger partial charge in [-0.1, -0.05) is 30.3 Å². The number of carboxylic acids is 1. The lowest BCUT2D eigenvalue weighted by molar-refractivity contribution is -0.151. The molecular weight excluding hydrogens is 422 g/mol. The lowest BCUT2D eigenvalue weighted by Crippen LogP contribution is -2.71. The number of amides is 3. The molecule has 31 heavy (non-hydrogen) atoms. The maximum Gasteiger partial charge on any atom is 0.408 e. The Kier molecular flexibility index (Phi) is 6.30. The number of nitrogens with zero attached hydrogens (tertiary/aromatic N) is 1. The number of hydrogen-bond donors (Lipinski definition) is 3. The van der Waals surface area contributed by atoms with Gasteiger partial charge in [0, 0.05) is 5.75 Å². The highest BCUT2D eigenvalue weighted by atomic mass is 32.2. The van der Waals surface area contributed by atoms with Gasteiger partial charge in [-0.2, -0.15) is 0 Å². The highest BCUT2D eigenvalue weighted by Crippen LogP contribution is 2.40. The molecule has 9 nitrogen and oxygen atoms in total. The molecule has 0 saturated carbocycles. The first kappa shape index (κ1) is 22.7. The van der Waals surface area contributed by atoms with Gasteiger partial charge in [0.2, 0.25) is 5.91 Å². The van der Waals surface area contributed by atoms with Crippen LogP contribution in [0.25, 0.3) is 0 Å². The Morgan fingerprint density at radius 3 is 2.45 bits per heavy atom. The molecule has 166 valence electrons. The Hall–Kier alpha value is -3.01. The van der Waals surface area contributed by atoms with Crippen LogP contribution in [-0.2, 0) is 19.1 Å². The van der Waals surface area contributed by atoms with Gasteiger partial charge in [-0.15, -0.1) is 11.8 Å². The third-order valence-electron chi connectivity index (χ3n) is 4.72. The van der Waals surface area contributed by atoms with Crippen LogP contribution in [0.1, 0.15) is 39.3 Å². The summed E-state index contributed by atoms with van der Waals surface area (Å²) in [4.78, 5) is 50.8. The van der Waals surface area contributed by atoms with Crippen molar-refractivity contribution in [2.75, 3.05) is 5.75 Å². The number of fused-ring (bicyclic) bond motifs is 1. The van der Waals surface area contributed by atoms with Crippen molar-refractivity contribution in [1.29, 1.82) is 0 Å². The van der Waals surface area contributed by atoms with Gasteiger partial charge < -0.3 is 20.5 Å². The smallest absolute Gasteiger partial charge is 0.408 e. The quantitative estimate of drug-likeness (QED) is 0.590. The summed E-state index contributed by atoms with van der Waals surface area (Å²) >= 11 is 1.38. The first-order valence-corrected chi connectivity index (χ1v) is 10.8. The maximum absolute atomic E-state index is 13.1. The number of ether oxygens (including phenoxy) is 1. The van der Waals surface area contributed by atoms with Crippen LogP contribution in [0.15, 0.2) is 41.6 Å². The summed E-state index contributed by atoms with van der Waals surface area (Å²) in [5.41, 5.74) is 0.335. The highest BCUT2D eigenvalue weighted by Gasteiger charge is 2.54. The number of carbonyl (C=O) groups excluding carboxylic acids is 3. The molecule has 3 rings (SSSR count). The third-order valence-corrected chi connectivity index (χ3v) is 6.14. The summed E-state index contributed by atoms with van der Waals surface area (Å²) in [6, 6.07) is 6.63. The fraction of sp³-hybridized carbons (Fsp3) is 0.429. The van der Waals surface area contributed by atoms with E-state index in [2.05, 4.69) is 10.6 Å². The molecule has 1 aromatic carbocycles. The van der Waals surface area contributed by atoms with E-state index < -0.39 is 46.9 Å². The van der Waals surface area contributed by atoms with Crippen LogP contribution in [0.3, 0.4) is 0 Å². The van der Waals surface area contributed by atoms with Gasteiger partial charge in [-0.05, 0) is 38.8 Å². The van der Waals surface area contributed by atoms with E-state index in [1.54, 1.807) is 58.0 Å². The Bertz CT molecular complexity index is 940. The van der Waals surface area contributed by atoms with Gasteiger partial charge in [0.1, 0.15) is 28.8 Å². The number of carboxylic acid groups (broad SMARTS) is 1. The zero-order valence-electron chi connectivity index (χ0n) is 17.7. The minimum atomic E-state index is -1.17. The number of β-lactam (4-membered cyclic amide) rings is 1. The number of rotatable bonds is 5. The van der Waals surface area contributed by atoms with Gasteiger partial charge in [0.25, 0.3) is 5.91 Å². The zero-order valence-corrected chi connectivity index (χ0v) is 18.5. The van der Waals surface area contributed by atoms with E-state index in [4.69, 9.17) is 4.74 Å². The number of nitrogens with one attached hydrogen (secondary N) is 2. The minimum Gasteiger partial charge on any atom is -0.477 e. The molecule has 10 heteroatoms. The molecule has 2 heterocycles. The number of carbonyl (C=O) groups is 4. The normalized spacial score (nSPS) is 21.5. The van der Waals surface area contributed by atoms with Crippen molar-refractivity contribution in [2.45, 2.75) is 50.8 Å². The molecule has 2 aliphatic rings. The highest BCUT2D eigenvalue weighted by molar-refractivity contribution is 8.00. The van der Waals surface area contributed by atoms with Crippen molar-refractivity contribution in [2.24, 2.45) is 0 Å². The Morgan fingerprint density at radius 2 is 1.87 bits per heavy atom. The van der Waals surface area contributed by atoms with Crippen LogP contribution in [0, 0.1) is 0 Å². The third kappa shape index (κ3) is 4.84. The van der Waals surface area contributed by atoms with Crippen LogP contribution in [-0.4, -0.2) is 56.7 Å². The molecule has 1 saturated heterocycles. The van der Waals surface area contributed by atoms with Crippen molar-refractivity contribution in [1.82, 2.24) is 15.5 Å². The Labute approximate surface area is 184 Å². The molecule has 0 bridgehead atoms. The number of thioether (sulfide) groups is 1. The average Bonchev–Trinajstić information content (AvgIpc) is 2.69. The molecule has 1 aromatic rings. The van der Waals surface area contributed by atoms with E-state index in [9.17, 15) is 24.3 Å². The fourth-order valence-corrected chi connectivity index (χ4v) is 4.68. The van der Waals surface area contributed by atoms with Crippen molar-refractivity contribution in [3.05, 3.63) is 47.2 Å². The largest absolute Gasteiger partial charge is 0.477 e. The molecule has 0 spiro atoms. The number of hydrogen-bond acceptors (Lipinski definition) is 6. The van der Waals surface area contributed by atoms with Crippen LogP contribution in [0.2, 0.25) is 0 Å². The predicted octanol–water partition coefficient (Wildman–Crippen LogP) is 2.01. The summed E-state index contributed by atoms with van der Waals surface area (Å²) in [6.07, 6.45) is -0.767. The van der Waals surface area contributed by atoms with Crippen LogP contribution in [0.5, 0.6) is 0 Å². The topological polar surface area (TPSA) is 125 Å². The second-order valence-electron chi connectivity index (χ2n) is 8.32. The fourth-order valence-electron chi connectivity index (χ4n) is 3.38. The Balaban J connectivity index is 1.76. The van der Waals surface area contributed by atoms with Crippen molar-refractivity contribution < 1.29 is 29.0 Å².